The minimum absolute atomic E-state index is 0.0489. The maximum absolute atomic E-state index is 11.4. The third-order valence-corrected chi connectivity index (χ3v) is 5.15. The Labute approximate surface area is 143 Å². The molecule has 1 amide bonds. The van der Waals surface area contributed by atoms with Crippen molar-refractivity contribution in [1.29, 1.82) is 0 Å². The number of aliphatic hydroxyl groups excluding tert-OH is 1. The average Bonchev–Trinajstić information content (AvgIpc) is 3.06. The van der Waals surface area contributed by atoms with Crippen molar-refractivity contribution in [3.63, 3.8) is 0 Å². The highest BCUT2D eigenvalue weighted by Gasteiger charge is 2.34. The van der Waals surface area contributed by atoms with Gasteiger partial charge in [-0.3, -0.25) is 14.7 Å². The predicted octanol–water partition coefficient (Wildman–Crippen LogP) is 0.699. The molecule has 2 atom stereocenters. The third-order valence-electron chi connectivity index (χ3n) is 5.15. The molecule has 2 saturated heterocycles. The van der Waals surface area contributed by atoms with E-state index in [1.807, 2.05) is 12.1 Å². The number of aromatic nitrogens is 1. The minimum Gasteiger partial charge on any atom is -0.389 e. The molecule has 0 unspecified atom stereocenters. The first-order chi connectivity index (χ1) is 11.7. The van der Waals surface area contributed by atoms with E-state index in [0.29, 0.717) is 32.0 Å². The molecule has 3 heterocycles. The van der Waals surface area contributed by atoms with Gasteiger partial charge in [-0.2, -0.15) is 0 Å². The third kappa shape index (κ3) is 4.12. The van der Waals surface area contributed by atoms with Crippen molar-refractivity contribution in [2.45, 2.75) is 43.7 Å². The van der Waals surface area contributed by atoms with E-state index in [4.69, 9.17) is 9.72 Å². The summed E-state index contributed by atoms with van der Waals surface area (Å²) in [6.07, 6.45) is 2.90. The second-order valence-electron chi connectivity index (χ2n) is 6.71. The van der Waals surface area contributed by atoms with Crippen LogP contribution in [0, 0.1) is 0 Å². The number of nitrogens with one attached hydrogen (secondary N) is 1. The Balaban J connectivity index is 1.55. The van der Waals surface area contributed by atoms with Gasteiger partial charge in [0, 0.05) is 30.8 Å². The first-order valence-electron chi connectivity index (χ1n) is 8.83. The lowest BCUT2D eigenvalue weighted by molar-refractivity contribution is -0.120. The smallest absolute Gasteiger partial charge is 0.220 e. The molecule has 1 aromatic heterocycles. The SMILES string of the molecule is CNC(=O)CCc1cccc(C2CCN([C@@H]3COC[C@@H]3O)CC2)n1. The number of amides is 1. The fourth-order valence-corrected chi connectivity index (χ4v) is 3.64. The molecule has 6 nitrogen and oxygen atoms in total. The molecule has 2 aliphatic heterocycles. The van der Waals surface area contributed by atoms with Gasteiger partial charge in [-0.25, -0.2) is 0 Å². The fourth-order valence-electron chi connectivity index (χ4n) is 3.64. The minimum atomic E-state index is -0.354. The topological polar surface area (TPSA) is 74.7 Å². The zero-order valence-corrected chi connectivity index (χ0v) is 14.3. The summed E-state index contributed by atoms with van der Waals surface area (Å²) in [6, 6.07) is 6.28. The normalized spacial score (nSPS) is 25.8. The maximum atomic E-state index is 11.4. The quantitative estimate of drug-likeness (QED) is 0.830. The summed E-state index contributed by atoms with van der Waals surface area (Å²) in [5.41, 5.74) is 2.12. The fraction of sp³-hybridized carbons (Fsp3) is 0.667. The van der Waals surface area contributed by atoms with Crippen molar-refractivity contribution in [3.8, 4) is 0 Å². The van der Waals surface area contributed by atoms with Gasteiger partial charge < -0.3 is 15.2 Å². The number of piperidine rings is 1. The van der Waals surface area contributed by atoms with Crippen molar-refractivity contribution < 1.29 is 14.6 Å². The Bertz CT molecular complexity index is 558. The molecule has 6 heteroatoms. The monoisotopic (exact) mass is 333 g/mol. The second kappa shape index (κ2) is 8.05. The Morgan fingerprint density at radius 3 is 2.83 bits per heavy atom. The number of pyridine rings is 1. The van der Waals surface area contributed by atoms with Crippen LogP contribution in [0.5, 0.6) is 0 Å². The lowest BCUT2D eigenvalue weighted by atomic mass is 9.91. The molecule has 1 aromatic rings. The average molecular weight is 333 g/mol. The van der Waals surface area contributed by atoms with Crippen LogP contribution in [-0.2, 0) is 16.0 Å². The largest absolute Gasteiger partial charge is 0.389 e. The van der Waals surface area contributed by atoms with Gasteiger partial charge in [0.25, 0.3) is 0 Å². The standard InChI is InChI=1S/C18H27N3O3/c1-19-18(23)6-5-14-3-2-4-15(20-14)13-7-9-21(10-8-13)16-11-24-12-17(16)22/h2-4,13,16-17,22H,5-12H2,1H3,(H,19,23)/t16-,17+/m1/s1. The van der Waals surface area contributed by atoms with E-state index in [9.17, 15) is 9.90 Å². The van der Waals surface area contributed by atoms with E-state index in [1.54, 1.807) is 7.05 Å². The Kier molecular flexibility index (Phi) is 5.81. The summed E-state index contributed by atoms with van der Waals surface area (Å²) >= 11 is 0. The molecule has 2 N–H and O–H groups in total. The molecule has 0 saturated carbocycles. The highest BCUT2D eigenvalue weighted by Crippen LogP contribution is 2.29. The maximum Gasteiger partial charge on any atom is 0.220 e. The van der Waals surface area contributed by atoms with E-state index in [1.165, 1.54) is 0 Å². The van der Waals surface area contributed by atoms with E-state index >= 15 is 0 Å². The molecule has 2 fully saturated rings. The first-order valence-corrected chi connectivity index (χ1v) is 8.83. The summed E-state index contributed by atoms with van der Waals surface area (Å²) in [5.74, 6) is 0.508. The van der Waals surface area contributed by atoms with Crippen LogP contribution < -0.4 is 5.32 Å². The molecular formula is C18H27N3O3. The number of aryl methyl sites for hydroxylation is 1. The Morgan fingerprint density at radius 2 is 2.17 bits per heavy atom. The molecule has 0 aliphatic carbocycles. The summed E-state index contributed by atoms with van der Waals surface area (Å²) in [4.78, 5) is 18.5. The molecular weight excluding hydrogens is 306 g/mol. The number of hydrogen-bond acceptors (Lipinski definition) is 5. The summed E-state index contributed by atoms with van der Waals surface area (Å²) in [6.45, 7) is 3.04. The van der Waals surface area contributed by atoms with E-state index in [2.05, 4.69) is 16.3 Å². The number of carbonyl (C=O) groups is 1. The Morgan fingerprint density at radius 1 is 1.38 bits per heavy atom. The number of hydrogen-bond donors (Lipinski definition) is 2. The lowest BCUT2D eigenvalue weighted by Gasteiger charge is -2.36. The van der Waals surface area contributed by atoms with Crippen LogP contribution >= 0.6 is 0 Å². The number of nitrogens with zero attached hydrogens (tertiary/aromatic N) is 2. The van der Waals surface area contributed by atoms with Crippen LogP contribution in [0.3, 0.4) is 0 Å². The molecule has 0 radical (unpaired) electrons. The van der Waals surface area contributed by atoms with E-state index < -0.39 is 0 Å². The highest BCUT2D eigenvalue weighted by molar-refractivity contribution is 5.75. The zero-order chi connectivity index (χ0) is 16.9. The predicted molar refractivity (Wildman–Crippen MR) is 90.8 cm³/mol. The van der Waals surface area contributed by atoms with Gasteiger partial charge in [0.15, 0.2) is 0 Å². The molecule has 24 heavy (non-hydrogen) atoms. The molecule has 0 spiro atoms. The van der Waals surface area contributed by atoms with Gasteiger partial charge >= 0.3 is 0 Å². The van der Waals surface area contributed by atoms with Crippen LogP contribution in [0.4, 0.5) is 0 Å². The van der Waals surface area contributed by atoms with Gasteiger partial charge in [0.1, 0.15) is 0 Å². The summed E-state index contributed by atoms with van der Waals surface area (Å²) < 4.78 is 5.37. The lowest BCUT2D eigenvalue weighted by Crippen LogP contribution is -2.46. The number of carbonyl (C=O) groups excluding carboxylic acids is 1. The van der Waals surface area contributed by atoms with Crippen LogP contribution in [0.1, 0.15) is 36.6 Å². The van der Waals surface area contributed by atoms with E-state index in [0.717, 1.165) is 37.3 Å². The van der Waals surface area contributed by atoms with Crippen LogP contribution in [0.2, 0.25) is 0 Å². The van der Waals surface area contributed by atoms with Crippen molar-refractivity contribution in [1.82, 2.24) is 15.2 Å². The van der Waals surface area contributed by atoms with Crippen molar-refractivity contribution in [2.75, 3.05) is 33.4 Å². The van der Waals surface area contributed by atoms with Crippen LogP contribution in [-0.4, -0.2) is 66.4 Å². The number of likely N-dealkylation sites (tertiary alicyclic amines) is 1. The number of aliphatic hydroxyl groups is 1. The number of ether oxygens (including phenoxy) is 1. The van der Waals surface area contributed by atoms with Gasteiger partial charge in [0.05, 0.1) is 25.4 Å². The molecule has 0 aromatic carbocycles. The van der Waals surface area contributed by atoms with Gasteiger partial charge in [0.2, 0.25) is 5.91 Å². The zero-order valence-electron chi connectivity index (χ0n) is 14.3. The van der Waals surface area contributed by atoms with Crippen LogP contribution in [0.25, 0.3) is 0 Å². The Hall–Kier alpha value is -1.50. The van der Waals surface area contributed by atoms with Gasteiger partial charge in [-0.1, -0.05) is 6.07 Å². The van der Waals surface area contributed by atoms with Gasteiger partial charge in [-0.15, -0.1) is 0 Å². The molecule has 132 valence electrons. The summed E-state index contributed by atoms with van der Waals surface area (Å²) in [7, 11) is 1.66. The van der Waals surface area contributed by atoms with Crippen molar-refractivity contribution >= 4 is 5.91 Å². The molecule has 3 rings (SSSR count). The number of rotatable bonds is 5. The van der Waals surface area contributed by atoms with Crippen LogP contribution in [0.15, 0.2) is 18.2 Å². The second-order valence-corrected chi connectivity index (χ2v) is 6.71. The van der Waals surface area contributed by atoms with Gasteiger partial charge in [-0.05, 0) is 44.5 Å². The van der Waals surface area contributed by atoms with Crippen molar-refractivity contribution in [3.05, 3.63) is 29.6 Å². The van der Waals surface area contributed by atoms with Crippen molar-refractivity contribution in [2.24, 2.45) is 0 Å². The molecule has 0 bridgehead atoms. The highest BCUT2D eigenvalue weighted by atomic mass is 16.5. The van der Waals surface area contributed by atoms with E-state index in [-0.39, 0.29) is 18.1 Å². The first kappa shape index (κ1) is 17.3. The summed E-state index contributed by atoms with van der Waals surface area (Å²) in [5, 5.41) is 12.6. The molecule has 2 aliphatic rings.